The maximum absolute atomic E-state index is 14.1. The van der Waals surface area contributed by atoms with Gasteiger partial charge in [0.25, 0.3) is 5.91 Å². The number of hydrogen-bond donors (Lipinski definition) is 1. The quantitative estimate of drug-likeness (QED) is 0.726. The maximum atomic E-state index is 14.1. The van der Waals surface area contributed by atoms with Crippen molar-refractivity contribution in [3.63, 3.8) is 0 Å². The van der Waals surface area contributed by atoms with Gasteiger partial charge in [0.05, 0.1) is 17.0 Å². The van der Waals surface area contributed by atoms with Crippen LogP contribution in [0.15, 0.2) is 59.7 Å². The third-order valence-electron chi connectivity index (χ3n) is 4.78. The molecular formula is C21H14F5N3O. The van der Waals surface area contributed by atoms with Crippen LogP contribution in [0.25, 0.3) is 11.3 Å². The van der Waals surface area contributed by atoms with E-state index in [0.29, 0.717) is 22.9 Å². The largest absolute Gasteiger partial charge is 0.416 e. The minimum Gasteiger partial charge on any atom is -0.360 e. The van der Waals surface area contributed by atoms with E-state index >= 15 is 0 Å². The number of allylic oxidation sites excluding steroid dienone is 1. The molecule has 0 aromatic heterocycles. The van der Waals surface area contributed by atoms with E-state index < -0.39 is 35.4 Å². The van der Waals surface area contributed by atoms with Crippen molar-refractivity contribution >= 4 is 22.9 Å². The lowest BCUT2D eigenvalue weighted by Gasteiger charge is -2.35. The van der Waals surface area contributed by atoms with Crippen molar-refractivity contribution < 1.29 is 26.7 Å². The second-order valence-electron chi connectivity index (χ2n) is 6.80. The first-order valence-electron chi connectivity index (χ1n) is 8.85. The van der Waals surface area contributed by atoms with E-state index in [1.54, 1.807) is 13.0 Å². The summed E-state index contributed by atoms with van der Waals surface area (Å²) in [5.74, 6) is -2.10. The van der Waals surface area contributed by atoms with Gasteiger partial charge in [-0.1, -0.05) is 12.1 Å². The lowest BCUT2D eigenvalue weighted by atomic mass is 9.97. The van der Waals surface area contributed by atoms with E-state index in [0.717, 1.165) is 29.3 Å². The summed E-state index contributed by atoms with van der Waals surface area (Å²) in [6, 6.07) is 7.58. The molecule has 9 heteroatoms. The fourth-order valence-electron chi connectivity index (χ4n) is 3.31. The molecule has 1 N–H and O–H groups in total. The Bertz CT molecular complexity index is 1120. The molecule has 154 valence electrons. The lowest BCUT2D eigenvalue weighted by Crippen LogP contribution is -2.49. The van der Waals surface area contributed by atoms with Gasteiger partial charge < -0.3 is 5.32 Å². The number of carbonyl (C=O) groups is 1. The molecule has 1 atom stereocenters. The van der Waals surface area contributed by atoms with Crippen LogP contribution < -0.4 is 5.32 Å². The molecule has 0 radical (unpaired) electrons. The standard InChI is InChI=1S/C21H14F5N3O/c1-11-16(12-2-4-13(5-3-12)21(24,25)26)9-19-27-18(10-20(30)29(19)28-11)15-7-6-14(22)8-17(15)23/h2-10,19,27H,1H3. The number of nitrogens with zero attached hydrogens (tertiary/aromatic N) is 2. The predicted octanol–water partition coefficient (Wildman–Crippen LogP) is 4.56. The van der Waals surface area contributed by atoms with Gasteiger partial charge in [0, 0.05) is 23.3 Å². The summed E-state index contributed by atoms with van der Waals surface area (Å²) >= 11 is 0. The Labute approximate surface area is 168 Å². The maximum Gasteiger partial charge on any atom is 0.416 e. The number of hydrogen-bond acceptors (Lipinski definition) is 3. The number of alkyl halides is 3. The zero-order valence-corrected chi connectivity index (χ0v) is 15.5. The van der Waals surface area contributed by atoms with E-state index in [1.165, 1.54) is 18.2 Å². The van der Waals surface area contributed by atoms with Gasteiger partial charge in [0.15, 0.2) is 0 Å². The van der Waals surface area contributed by atoms with Gasteiger partial charge in [-0.05, 0) is 42.8 Å². The minimum absolute atomic E-state index is 0.0140. The summed E-state index contributed by atoms with van der Waals surface area (Å²) in [7, 11) is 0. The fourth-order valence-corrected chi connectivity index (χ4v) is 3.31. The molecule has 2 aliphatic rings. The number of benzene rings is 2. The van der Waals surface area contributed by atoms with E-state index in [2.05, 4.69) is 10.4 Å². The molecule has 1 amide bonds. The highest BCUT2D eigenvalue weighted by Gasteiger charge is 2.33. The van der Waals surface area contributed by atoms with Gasteiger partial charge in [-0.3, -0.25) is 4.79 Å². The third-order valence-corrected chi connectivity index (χ3v) is 4.78. The molecule has 2 heterocycles. The number of carbonyl (C=O) groups excluding carboxylic acids is 1. The Balaban J connectivity index is 1.68. The Morgan fingerprint density at radius 1 is 1.07 bits per heavy atom. The molecule has 0 saturated carbocycles. The van der Waals surface area contributed by atoms with Crippen molar-refractivity contribution in [2.24, 2.45) is 5.10 Å². The molecule has 2 aliphatic heterocycles. The van der Waals surface area contributed by atoms with Crippen LogP contribution >= 0.6 is 0 Å². The van der Waals surface area contributed by atoms with Gasteiger partial charge in [-0.2, -0.15) is 18.3 Å². The van der Waals surface area contributed by atoms with Crippen LogP contribution in [-0.4, -0.2) is 22.8 Å². The van der Waals surface area contributed by atoms with E-state index in [9.17, 15) is 26.7 Å². The summed E-state index contributed by atoms with van der Waals surface area (Å²) < 4.78 is 65.8. The summed E-state index contributed by atoms with van der Waals surface area (Å²) in [5.41, 5.74) is 0.845. The second-order valence-corrected chi connectivity index (χ2v) is 6.80. The molecule has 0 spiro atoms. The molecule has 0 bridgehead atoms. The van der Waals surface area contributed by atoms with E-state index in [4.69, 9.17) is 0 Å². The van der Waals surface area contributed by atoms with Gasteiger partial charge in [0.2, 0.25) is 0 Å². The summed E-state index contributed by atoms with van der Waals surface area (Å²) in [5, 5.41) is 8.33. The normalized spacial score (nSPS) is 18.9. The average Bonchev–Trinajstić information content (AvgIpc) is 2.67. The SMILES string of the molecule is CC1=NN2C(=O)C=C(c3ccc(F)cc3F)NC2C=C1c1ccc(C(F)(F)F)cc1. The summed E-state index contributed by atoms with van der Waals surface area (Å²) in [6.07, 6.45) is -2.46. The van der Waals surface area contributed by atoms with Crippen LogP contribution in [0, 0.1) is 11.6 Å². The molecular weight excluding hydrogens is 405 g/mol. The lowest BCUT2D eigenvalue weighted by molar-refractivity contribution is -0.137. The zero-order chi connectivity index (χ0) is 21.6. The first kappa shape index (κ1) is 19.8. The monoisotopic (exact) mass is 419 g/mol. The van der Waals surface area contributed by atoms with Crippen LogP contribution in [0.2, 0.25) is 0 Å². The number of halogens is 5. The fraction of sp³-hybridized carbons (Fsp3) is 0.143. The summed E-state index contributed by atoms with van der Waals surface area (Å²) in [6.45, 7) is 1.63. The van der Waals surface area contributed by atoms with Crippen molar-refractivity contribution in [1.82, 2.24) is 10.3 Å². The van der Waals surface area contributed by atoms with Crippen LogP contribution in [0.5, 0.6) is 0 Å². The van der Waals surface area contributed by atoms with Gasteiger partial charge >= 0.3 is 6.18 Å². The Morgan fingerprint density at radius 3 is 2.40 bits per heavy atom. The molecule has 2 aromatic rings. The van der Waals surface area contributed by atoms with E-state index in [-0.39, 0.29) is 11.3 Å². The first-order valence-corrected chi connectivity index (χ1v) is 8.85. The highest BCUT2D eigenvalue weighted by atomic mass is 19.4. The zero-order valence-electron chi connectivity index (χ0n) is 15.5. The van der Waals surface area contributed by atoms with Crippen molar-refractivity contribution in [3.8, 4) is 0 Å². The topological polar surface area (TPSA) is 44.7 Å². The van der Waals surface area contributed by atoms with Crippen molar-refractivity contribution in [1.29, 1.82) is 0 Å². The van der Waals surface area contributed by atoms with Crippen LogP contribution in [0.4, 0.5) is 22.0 Å². The number of fused-ring (bicyclic) bond motifs is 1. The molecule has 0 saturated heterocycles. The Kier molecular flexibility index (Phi) is 4.68. The molecule has 1 unspecified atom stereocenters. The van der Waals surface area contributed by atoms with Crippen molar-refractivity contribution in [2.45, 2.75) is 19.3 Å². The minimum atomic E-state index is -4.45. The number of amides is 1. The number of nitrogens with one attached hydrogen (secondary N) is 1. The predicted molar refractivity (Wildman–Crippen MR) is 101 cm³/mol. The highest BCUT2D eigenvalue weighted by Crippen LogP contribution is 2.32. The van der Waals surface area contributed by atoms with Crippen molar-refractivity contribution in [3.05, 3.63) is 82.9 Å². The molecule has 2 aromatic carbocycles. The summed E-state index contributed by atoms with van der Waals surface area (Å²) in [4.78, 5) is 12.5. The van der Waals surface area contributed by atoms with Crippen LogP contribution in [0.3, 0.4) is 0 Å². The number of rotatable bonds is 2. The third kappa shape index (κ3) is 3.58. The van der Waals surface area contributed by atoms with Gasteiger partial charge in [-0.25, -0.2) is 13.8 Å². The van der Waals surface area contributed by atoms with Gasteiger partial charge in [0.1, 0.15) is 17.8 Å². The van der Waals surface area contributed by atoms with Gasteiger partial charge in [-0.15, -0.1) is 0 Å². The van der Waals surface area contributed by atoms with Crippen LogP contribution in [0.1, 0.15) is 23.6 Å². The van der Waals surface area contributed by atoms with E-state index in [1.807, 2.05) is 0 Å². The second kappa shape index (κ2) is 7.08. The molecule has 4 rings (SSSR count). The Hall–Kier alpha value is -3.49. The number of hydrazone groups is 1. The first-order chi connectivity index (χ1) is 14.1. The molecule has 30 heavy (non-hydrogen) atoms. The molecule has 0 aliphatic carbocycles. The smallest absolute Gasteiger partial charge is 0.360 e. The average molecular weight is 419 g/mol. The Morgan fingerprint density at radius 2 is 1.77 bits per heavy atom. The van der Waals surface area contributed by atoms with Crippen LogP contribution in [-0.2, 0) is 11.0 Å². The van der Waals surface area contributed by atoms with Crippen molar-refractivity contribution in [2.75, 3.05) is 0 Å². The molecule has 0 fully saturated rings. The molecule has 4 nitrogen and oxygen atoms in total. The highest BCUT2D eigenvalue weighted by molar-refractivity contribution is 6.23.